The molecule has 0 spiro atoms. The monoisotopic (exact) mass is 271 g/mol. The van der Waals surface area contributed by atoms with Gasteiger partial charge in [-0.15, -0.1) is 0 Å². The van der Waals surface area contributed by atoms with E-state index in [0.717, 1.165) is 32.6 Å². The average Bonchev–Trinajstić information content (AvgIpc) is 2.38. The molecule has 1 unspecified atom stereocenters. The lowest BCUT2D eigenvalue weighted by Gasteiger charge is -2.24. The third-order valence-corrected chi connectivity index (χ3v) is 3.72. The molecule has 1 N–H and O–H groups in total. The summed E-state index contributed by atoms with van der Waals surface area (Å²) in [6, 6.07) is 0.541. The predicted octanol–water partition coefficient (Wildman–Crippen LogP) is 1.95. The fraction of sp³-hybridized carbons (Fsp3) is 0.933. The van der Waals surface area contributed by atoms with Crippen LogP contribution in [0.15, 0.2) is 0 Å². The van der Waals surface area contributed by atoms with Crippen molar-refractivity contribution in [2.24, 2.45) is 0 Å². The van der Waals surface area contributed by atoms with Crippen molar-refractivity contribution in [3.8, 4) is 0 Å². The van der Waals surface area contributed by atoms with Crippen LogP contribution in [-0.2, 0) is 4.79 Å². The van der Waals surface area contributed by atoms with Crippen LogP contribution < -0.4 is 5.32 Å². The van der Waals surface area contributed by atoms with E-state index in [2.05, 4.69) is 31.1 Å². The van der Waals surface area contributed by atoms with E-state index in [1.807, 2.05) is 25.7 Å². The van der Waals surface area contributed by atoms with Crippen LogP contribution >= 0.6 is 0 Å². The zero-order valence-corrected chi connectivity index (χ0v) is 13.7. The van der Waals surface area contributed by atoms with Gasteiger partial charge in [-0.3, -0.25) is 4.79 Å². The zero-order chi connectivity index (χ0) is 14.8. The second-order valence-electron chi connectivity index (χ2n) is 5.47. The zero-order valence-electron chi connectivity index (χ0n) is 13.7. The van der Waals surface area contributed by atoms with Gasteiger partial charge in [0.05, 0.1) is 6.04 Å². The van der Waals surface area contributed by atoms with Crippen LogP contribution in [0.25, 0.3) is 0 Å². The van der Waals surface area contributed by atoms with Crippen LogP contribution in [-0.4, -0.2) is 61.0 Å². The van der Waals surface area contributed by atoms with Gasteiger partial charge >= 0.3 is 0 Å². The Bertz CT molecular complexity index is 240. The highest BCUT2D eigenvalue weighted by molar-refractivity contribution is 5.81. The quantitative estimate of drug-likeness (QED) is 0.617. The fourth-order valence-corrected chi connectivity index (χ4v) is 1.96. The Morgan fingerprint density at radius 2 is 1.68 bits per heavy atom. The Balaban J connectivity index is 3.74. The third kappa shape index (κ3) is 7.53. The molecule has 0 heterocycles. The second-order valence-corrected chi connectivity index (χ2v) is 5.47. The van der Waals surface area contributed by atoms with Gasteiger partial charge in [0.2, 0.25) is 5.91 Å². The molecule has 4 nitrogen and oxygen atoms in total. The summed E-state index contributed by atoms with van der Waals surface area (Å²) in [5, 5.41) is 3.32. The van der Waals surface area contributed by atoms with Crippen molar-refractivity contribution in [2.75, 3.05) is 33.2 Å². The van der Waals surface area contributed by atoms with Gasteiger partial charge in [-0.2, -0.15) is 0 Å². The van der Waals surface area contributed by atoms with Gasteiger partial charge in [0.15, 0.2) is 0 Å². The van der Waals surface area contributed by atoms with Crippen LogP contribution in [0.3, 0.4) is 0 Å². The molecule has 1 amide bonds. The molecule has 0 radical (unpaired) electrons. The Hall–Kier alpha value is -0.610. The molecule has 0 aliphatic rings. The van der Waals surface area contributed by atoms with Crippen molar-refractivity contribution >= 4 is 5.91 Å². The minimum Gasteiger partial charge on any atom is -0.342 e. The molecular formula is C15H33N3O. The SMILES string of the molecule is CCN(CC)C(=O)C(C)NCCCCN(C)C(C)C. The van der Waals surface area contributed by atoms with Crippen molar-refractivity contribution in [3.05, 3.63) is 0 Å². The number of carbonyl (C=O) groups excluding carboxylic acids is 1. The standard InChI is InChI=1S/C15H33N3O/c1-7-18(8-2)15(19)14(5)16-11-9-10-12-17(6)13(3)4/h13-14,16H,7-12H2,1-6H3. The smallest absolute Gasteiger partial charge is 0.239 e. The lowest BCUT2D eigenvalue weighted by molar-refractivity contribution is -0.132. The van der Waals surface area contributed by atoms with Crippen molar-refractivity contribution in [1.29, 1.82) is 0 Å². The third-order valence-electron chi connectivity index (χ3n) is 3.72. The van der Waals surface area contributed by atoms with E-state index in [1.165, 1.54) is 6.42 Å². The minimum absolute atomic E-state index is 0.0669. The van der Waals surface area contributed by atoms with Gasteiger partial charge in [-0.05, 0) is 67.6 Å². The van der Waals surface area contributed by atoms with Crippen LogP contribution in [0.2, 0.25) is 0 Å². The Morgan fingerprint density at radius 3 is 2.16 bits per heavy atom. The molecule has 1 atom stereocenters. The van der Waals surface area contributed by atoms with Crippen molar-refractivity contribution < 1.29 is 4.79 Å². The Morgan fingerprint density at radius 1 is 1.11 bits per heavy atom. The highest BCUT2D eigenvalue weighted by Crippen LogP contribution is 1.99. The van der Waals surface area contributed by atoms with Crippen LogP contribution in [0.1, 0.15) is 47.5 Å². The molecule has 0 aliphatic heterocycles. The van der Waals surface area contributed by atoms with Crippen molar-refractivity contribution in [2.45, 2.75) is 59.5 Å². The summed E-state index contributed by atoms with van der Waals surface area (Å²) >= 11 is 0. The first kappa shape index (κ1) is 18.4. The molecular weight excluding hydrogens is 238 g/mol. The molecule has 0 aromatic rings. The number of unbranched alkanes of at least 4 members (excludes halogenated alkanes) is 1. The number of likely N-dealkylation sites (N-methyl/N-ethyl adjacent to an activating group) is 1. The summed E-state index contributed by atoms with van der Waals surface area (Å²) < 4.78 is 0. The van der Waals surface area contributed by atoms with E-state index in [0.29, 0.717) is 6.04 Å². The largest absolute Gasteiger partial charge is 0.342 e. The lowest BCUT2D eigenvalue weighted by atomic mass is 10.2. The Labute approximate surface area is 119 Å². The van der Waals surface area contributed by atoms with Gasteiger partial charge in [-0.1, -0.05) is 0 Å². The molecule has 19 heavy (non-hydrogen) atoms. The maximum absolute atomic E-state index is 12.0. The first-order chi connectivity index (χ1) is 8.93. The van der Waals surface area contributed by atoms with E-state index in [4.69, 9.17) is 0 Å². The van der Waals surface area contributed by atoms with Gasteiger partial charge in [0.1, 0.15) is 0 Å². The van der Waals surface area contributed by atoms with Crippen LogP contribution in [0.5, 0.6) is 0 Å². The lowest BCUT2D eigenvalue weighted by Crippen LogP contribution is -2.45. The average molecular weight is 271 g/mol. The summed E-state index contributed by atoms with van der Waals surface area (Å²) in [5.41, 5.74) is 0. The number of nitrogens with one attached hydrogen (secondary N) is 1. The minimum atomic E-state index is -0.0669. The van der Waals surface area contributed by atoms with Crippen molar-refractivity contribution in [3.63, 3.8) is 0 Å². The number of nitrogens with zero attached hydrogens (tertiary/aromatic N) is 2. The highest BCUT2D eigenvalue weighted by atomic mass is 16.2. The second kappa shape index (κ2) is 10.2. The summed E-state index contributed by atoms with van der Waals surface area (Å²) in [5.74, 6) is 0.212. The molecule has 4 heteroatoms. The van der Waals surface area contributed by atoms with Crippen molar-refractivity contribution in [1.82, 2.24) is 15.1 Å². The molecule has 0 saturated heterocycles. The number of rotatable bonds is 10. The van der Waals surface area contributed by atoms with E-state index >= 15 is 0 Å². The molecule has 0 bridgehead atoms. The van der Waals surface area contributed by atoms with Gasteiger partial charge in [-0.25, -0.2) is 0 Å². The van der Waals surface area contributed by atoms with Crippen LogP contribution in [0.4, 0.5) is 0 Å². The molecule has 0 aromatic heterocycles. The summed E-state index contributed by atoms with van der Waals surface area (Å²) in [6.45, 7) is 14.1. The summed E-state index contributed by atoms with van der Waals surface area (Å²) in [7, 11) is 2.16. The topological polar surface area (TPSA) is 35.6 Å². The summed E-state index contributed by atoms with van der Waals surface area (Å²) in [4.78, 5) is 16.3. The highest BCUT2D eigenvalue weighted by Gasteiger charge is 2.16. The van der Waals surface area contributed by atoms with E-state index in [1.54, 1.807) is 0 Å². The first-order valence-corrected chi connectivity index (χ1v) is 7.66. The first-order valence-electron chi connectivity index (χ1n) is 7.66. The number of hydrogen-bond donors (Lipinski definition) is 1. The Kier molecular flexibility index (Phi) is 9.88. The number of amides is 1. The molecule has 0 aromatic carbocycles. The molecule has 0 fully saturated rings. The van der Waals surface area contributed by atoms with Gasteiger partial charge in [0, 0.05) is 19.1 Å². The molecule has 0 saturated carbocycles. The van der Waals surface area contributed by atoms with Gasteiger partial charge in [0.25, 0.3) is 0 Å². The maximum Gasteiger partial charge on any atom is 0.239 e. The van der Waals surface area contributed by atoms with Crippen LogP contribution in [0, 0.1) is 0 Å². The summed E-state index contributed by atoms with van der Waals surface area (Å²) in [6.07, 6.45) is 2.29. The van der Waals surface area contributed by atoms with E-state index < -0.39 is 0 Å². The molecule has 114 valence electrons. The van der Waals surface area contributed by atoms with E-state index in [9.17, 15) is 4.79 Å². The number of hydrogen-bond acceptors (Lipinski definition) is 3. The number of carbonyl (C=O) groups is 1. The fourth-order valence-electron chi connectivity index (χ4n) is 1.96. The predicted molar refractivity (Wildman–Crippen MR) is 82.4 cm³/mol. The molecule has 0 rings (SSSR count). The molecule has 0 aliphatic carbocycles. The van der Waals surface area contributed by atoms with Gasteiger partial charge < -0.3 is 15.1 Å². The normalized spacial score (nSPS) is 13.1. The van der Waals surface area contributed by atoms with E-state index in [-0.39, 0.29) is 11.9 Å². The maximum atomic E-state index is 12.0.